The maximum absolute atomic E-state index is 13.1. The molecule has 0 atom stereocenters. The second kappa shape index (κ2) is 8.63. The minimum Gasteiger partial charge on any atom is -0.462 e. The Kier molecular flexibility index (Phi) is 5.88. The Labute approximate surface area is 188 Å². The molecule has 166 valence electrons. The summed E-state index contributed by atoms with van der Waals surface area (Å²) in [5.74, 6) is 0.0552. The normalized spacial score (nSPS) is 11.4. The van der Waals surface area contributed by atoms with Crippen molar-refractivity contribution in [2.24, 2.45) is 13.0 Å². The maximum atomic E-state index is 13.1. The van der Waals surface area contributed by atoms with Gasteiger partial charge >= 0.3 is 11.7 Å². The van der Waals surface area contributed by atoms with Crippen LogP contribution in [0.4, 0.5) is 0 Å². The van der Waals surface area contributed by atoms with E-state index in [1.807, 2.05) is 50.2 Å². The molecule has 0 aliphatic heterocycles. The first-order valence-electron chi connectivity index (χ1n) is 10.4. The van der Waals surface area contributed by atoms with E-state index in [0.29, 0.717) is 17.1 Å². The molecule has 0 spiro atoms. The van der Waals surface area contributed by atoms with E-state index in [0.717, 1.165) is 26.7 Å². The molecule has 0 saturated heterocycles. The van der Waals surface area contributed by atoms with Gasteiger partial charge in [-0.1, -0.05) is 61.6 Å². The summed E-state index contributed by atoms with van der Waals surface area (Å²) < 4.78 is 14.0. The number of rotatable bonds is 6. The molecule has 4 aromatic rings. The van der Waals surface area contributed by atoms with Crippen molar-refractivity contribution in [3.8, 4) is 10.8 Å². The lowest BCUT2D eigenvalue weighted by Gasteiger charge is -2.11. The molecule has 8 heteroatoms. The van der Waals surface area contributed by atoms with Crippen LogP contribution in [0.5, 0.6) is 10.8 Å². The Morgan fingerprint density at radius 3 is 2.53 bits per heavy atom. The Morgan fingerprint density at radius 2 is 1.81 bits per heavy atom. The smallest absolute Gasteiger partial charge is 0.343 e. The van der Waals surface area contributed by atoms with Gasteiger partial charge in [-0.2, -0.15) is 0 Å². The topological polar surface area (TPSA) is 79.5 Å². The summed E-state index contributed by atoms with van der Waals surface area (Å²) in [7, 11) is 1.42. The van der Waals surface area contributed by atoms with Gasteiger partial charge in [0.1, 0.15) is 16.1 Å². The van der Waals surface area contributed by atoms with E-state index in [1.54, 1.807) is 13.0 Å². The van der Waals surface area contributed by atoms with Gasteiger partial charge < -0.3 is 9.47 Å². The zero-order valence-corrected chi connectivity index (χ0v) is 19.2. The average molecular weight is 453 g/mol. The molecular formula is C24H24N2O5S. The van der Waals surface area contributed by atoms with Crippen LogP contribution in [-0.2, 0) is 18.3 Å². The number of esters is 1. The lowest BCUT2D eigenvalue weighted by molar-refractivity contribution is 0.0526. The fourth-order valence-electron chi connectivity index (χ4n) is 3.68. The van der Waals surface area contributed by atoms with Crippen LogP contribution in [0.25, 0.3) is 21.0 Å². The molecule has 0 fully saturated rings. The first-order chi connectivity index (χ1) is 15.3. The zero-order valence-electron chi connectivity index (χ0n) is 18.4. The maximum Gasteiger partial charge on any atom is 0.343 e. The predicted octanol–water partition coefficient (Wildman–Crippen LogP) is 4.54. The highest BCUT2D eigenvalue weighted by atomic mass is 32.1. The minimum atomic E-state index is -0.652. The van der Waals surface area contributed by atoms with E-state index in [1.165, 1.54) is 11.6 Å². The summed E-state index contributed by atoms with van der Waals surface area (Å²) in [6.07, 6.45) is 0. The number of hydrogen-bond donors (Lipinski definition) is 0. The number of benzene rings is 2. The third-order valence-electron chi connectivity index (χ3n) is 5.12. The number of hydrogen-bond acceptors (Lipinski definition) is 6. The van der Waals surface area contributed by atoms with E-state index in [4.69, 9.17) is 9.47 Å². The highest BCUT2D eigenvalue weighted by Gasteiger charge is 2.28. The monoisotopic (exact) mass is 452 g/mol. The first-order valence-corrected chi connectivity index (χ1v) is 11.2. The number of thiophene rings is 1. The molecule has 0 bridgehead atoms. The van der Waals surface area contributed by atoms with Gasteiger partial charge in [-0.25, -0.2) is 9.59 Å². The van der Waals surface area contributed by atoms with Crippen molar-refractivity contribution in [3.05, 3.63) is 68.9 Å². The number of nitrogens with zero attached hydrogens (tertiary/aromatic N) is 2. The highest BCUT2D eigenvalue weighted by Crippen LogP contribution is 2.40. The van der Waals surface area contributed by atoms with E-state index >= 15 is 0 Å². The summed E-state index contributed by atoms with van der Waals surface area (Å²) >= 11 is 1.11. The number of carbonyl (C=O) groups excluding carboxylic acids is 1. The van der Waals surface area contributed by atoms with Crippen LogP contribution in [0.1, 0.15) is 31.1 Å². The minimum absolute atomic E-state index is 0.0536. The van der Waals surface area contributed by atoms with Crippen molar-refractivity contribution in [2.75, 3.05) is 6.61 Å². The van der Waals surface area contributed by atoms with E-state index in [-0.39, 0.29) is 28.5 Å². The highest BCUT2D eigenvalue weighted by molar-refractivity contribution is 7.20. The molecule has 0 radical (unpaired) electrons. The van der Waals surface area contributed by atoms with Crippen LogP contribution in [0, 0.1) is 5.92 Å². The van der Waals surface area contributed by atoms with Gasteiger partial charge in [-0.15, -0.1) is 0 Å². The largest absolute Gasteiger partial charge is 0.462 e. The van der Waals surface area contributed by atoms with E-state index in [2.05, 4.69) is 0 Å². The number of ether oxygens (including phenoxy) is 2. The Bertz CT molecular complexity index is 1440. The third-order valence-corrected chi connectivity index (χ3v) is 6.21. The third kappa shape index (κ3) is 3.71. The fourth-order valence-corrected chi connectivity index (χ4v) is 4.83. The van der Waals surface area contributed by atoms with Gasteiger partial charge in [0, 0.05) is 19.0 Å². The van der Waals surface area contributed by atoms with Gasteiger partial charge in [-0.05, 0) is 24.3 Å². The second-order valence-electron chi connectivity index (χ2n) is 7.90. The van der Waals surface area contributed by atoms with Crippen LogP contribution >= 0.6 is 11.3 Å². The summed E-state index contributed by atoms with van der Waals surface area (Å²) in [5.41, 5.74) is -0.917. The average Bonchev–Trinajstić information content (AvgIpc) is 3.14. The standard InChI is InChI=1S/C24H24N2O5S/c1-5-30-22(28)19-18-20(27)25(4)24(29)26(13-14(2)3)21(18)32-23(19)31-17-12-8-10-15-9-6-7-11-16(15)17/h6-12,14H,5,13H2,1-4H3. The van der Waals surface area contributed by atoms with Crippen molar-refractivity contribution in [1.29, 1.82) is 0 Å². The summed E-state index contributed by atoms with van der Waals surface area (Å²) in [4.78, 5) is 39.3. The van der Waals surface area contributed by atoms with Crippen molar-refractivity contribution in [2.45, 2.75) is 27.3 Å². The van der Waals surface area contributed by atoms with E-state index in [9.17, 15) is 14.4 Å². The van der Waals surface area contributed by atoms with Gasteiger partial charge in [-0.3, -0.25) is 13.9 Å². The second-order valence-corrected chi connectivity index (χ2v) is 8.86. The van der Waals surface area contributed by atoms with Crippen molar-refractivity contribution in [1.82, 2.24) is 9.13 Å². The number of aromatic nitrogens is 2. The lowest BCUT2D eigenvalue weighted by atomic mass is 10.1. The summed E-state index contributed by atoms with van der Waals surface area (Å²) in [5, 5.41) is 2.23. The quantitative estimate of drug-likeness (QED) is 0.401. The molecule has 4 rings (SSSR count). The van der Waals surface area contributed by atoms with Crippen LogP contribution in [0.3, 0.4) is 0 Å². The molecule has 2 heterocycles. The van der Waals surface area contributed by atoms with Gasteiger partial charge in [0.15, 0.2) is 5.06 Å². The fraction of sp³-hybridized carbons (Fsp3) is 0.292. The Hall–Kier alpha value is -3.39. The van der Waals surface area contributed by atoms with Crippen LogP contribution in [0.15, 0.2) is 52.1 Å². The molecule has 0 aliphatic carbocycles. The molecule has 2 aromatic carbocycles. The molecule has 0 amide bonds. The molecule has 0 saturated carbocycles. The molecular weight excluding hydrogens is 428 g/mol. The van der Waals surface area contributed by atoms with Gasteiger partial charge in [0.05, 0.1) is 12.0 Å². The first kappa shape index (κ1) is 21.8. The molecule has 7 nitrogen and oxygen atoms in total. The van der Waals surface area contributed by atoms with Crippen LogP contribution in [0.2, 0.25) is 0 Å². The number of carbonyl (C=O) groups is 1. The molecule has 0 unspecified atom stereocenters. The SMILES string of the molecule is CCOC(=O)c1c(Oc2cccc3ccccc23)sc2c1c(=O)n(C)c(=O)n2CC(C)C. The van der Waals surface area contributed by atoms with E-state index < -0.39 is 17.2 Å². The van der Waals surface area contributed by atoms with Gasteiger partial charge in [0.25, 0.3) is 5.56 Å². The molecule has 32 heavy (non-hydrogen) atoms. The lowest BCUT2D eigenvalue weighted by Crippen LogP contribution is -2.38. The summed E-state index contributed by atoms with van der Waals surface area (Å²) in [6, 6.07) is 13.4. The van der Waals surface area contributed by atoms with Crippen molar-refractivity contribution < 1.29 is 14.3 Å². The Balaban J connectivity index is 2.02. The van der Waals surface area contributed by atoms with Crippen LogP contribution < -0.4 is 16.0 Å². The molecule has 0 N–H and O–H groups in total. The van der Waals surface area contributed by atoms with Crippen molar-refractivity contribution >= 4 is 38.3 Å². The predicted molar refractivity (Wildman–Crippen MR) is 126 cm³/mol. The van der Waals surface area contributed by atoms with Gasteiger partial charge in [0.2, 0.25) is 0 Å². The Morgan fingerprint density at radius 1 is 1.09 bits per heavy atom. The number of fused-ring (bicyclic) bond motifs is 2. The zero-order chi connectivity index (χ0) is 23.0. The van der Waals surface area contributed by atoms with Crippen LogP contribution in [-0.4, -0.2) is 21.7 Å². The van der Waals surface area contributed by atoms with Crippen molar-refractivity contribution in [3.63, 3.8) is 0 Å². The molecule has 0 aliphatic rings. The molecule has 2 aromatic heterocycles. The summed E-state index contributed by atoms with van der Waals surface area (Å²) in [6.45, 7) is 6.22.